The van der Waals surface area contributed by atoms with Crippen LogP contribution in [0.2, 0.25) is 0 Å². The Bertz CT molecular complexity index is 1510. The summed E-state index contributed by atoms with van der Waals surface area (Å²) >= 11 is 0. The van der Waals surface area contributed by atoms with Crippen molar-refractivity contribution in [2.75, 3.05) is 34.0 Å². The Morgan fingerprint density at radius 1 is 0.600 bits per heavy atom. The van der Waals surface area contributed by atoms with Gasteiger partial charge in [-0.05, 0) is 56.8 Å². The zero-order valence-electron chi connectivity index (χ0n) is 35.3. The summed E-state index contributed by atoms with van der Waals surface area (Å²) in [7, 11) is -3.12. The average Bonchev–Trinajstić information content (AvgIpc) is 3.06. The van der Waals surface area contributed by atoms with Crippen molar-refractivity contribution < 1.29 is 57.5 Å². The van der Waals surface area contributed by atoms with Gasteiger partial charge in [0.1, 0.15) is 11.9 Å². The first-order valence-electron chi connectivity index (χ1n) is 18.5. The molecule has 0 radical (unpaired) electrons. The first-order chi connectivity index (χ1) is 25.1. The number of methoxy groups -OCH3 is 2. The fourth-order valence-corrected chi connectivity index (χ4v) is 7.24. The highest BCUT2D eigenvalue weighted by Crippen LogP contribution is 2.52. The molecule has 0 amide bonds. The Kier molecular flexibility index (Phi) is 17.3. The summed E-state index contributed by atoms with van der Waals surface area (Å²) in [6, 6.07) is 8.08. The molecule has 1 atom stereocenters. The lowest BCUT2D eigenvalue weighted by Crippen LogP contribution is -2.46. The van der Waals surface area contributed by atoms with Crippen LogP contribution in [0.5, 0.6) is 5.75 Å². The topological polar surface area (TPSA) is 181 Å². The maximum atomic E-state index is 12.3. The minimum atomic E-state index is -2.92. The lowest BCUT2D eigenvalue weighted by atomic mass is 9.68. The maximum Gasteiger partial charge on any atom is 0.327 e. The van der Waals surface area contributed by atoms with Crippen LogP contribution in [-0.2, 0) is 62.6 Å². The molecular weight excluding hydrogens is 746 g/mol. The molecule has 14 heteroatoms. The van der Waals surface area contributed by atoms with E-state index < -0.39 is 70.2 Å². The van der Waals surface area contributed by atoms with Crippen LogP contribution < -0.4 is 4.74 Å². The SMILES string of the molecule is COC(=O)CCc1cc(C(C)(C)C)c(OC(c2c(C(C)(C)C)cc(CCC(=O)OC)cc2C(C)(C)C)C(CO)(COP(O)O)COP(O)O)c(C(C)(C)C)c1. The normalized spacial score (nSPS) is 13.7. The van der Waals surface area contributed by atoms with E-state index in [1.165, 1.54) is 14.2 Å². The van der Waals surface area contributed by atoms with Gasteiger partial charge in [-0.2, -0.15) is 0 Å². The third-order valence-electron chi connectivity index (χ3n) is 9.62. The first kappa shape index (κ1) is 48.9. The van der Waals surface area contributed by atoms with E-state index in [-0.39, 0.29) is 24.8 Å². The van der Waals surface area contributed by atoms with Gasteiger partial charge in [0.15, 0.2) is 0 Å². The van der Waals surface area contributed by atoms with E-state index in [0.717, 1.165) is 33.4 Å². The van der Waals surface area contributed by atoms with Crippen LogP contribution in [0.4, 0.5) is 0 Å². The van der Waals surface area contributed by atoms with Crippen molar-refractivity contribution in [3.63, 3.8) is 0 Å². The molecule has 2 aromatic carbocycles. The predicted molar refractivity (Wildman–Crippen MR) is 216 cm³/mol. The standard InChI is InChI=1S/C41H66O12P2/c1-37(2,3)28-19-26(15-17-32(43)49-13)20-29(38(4,5)6)34(28)36(41(23-42,24-51-54(45)46)25-52-55(47)48)53-35-30(39(7,8)9)21-27(16-18-33(44)50-14)22-31(35)40(10,11)12/h19-22,36,42,45-48H,15-18,23-25H2,1-14H3. The molecule has 0 fully saturated rings. The highest BCUT2D eigenvalue weighted by Gasteiger charge is 2.48. The molecule has 5 N–H and O–H groups in total. The summed E-state index contributed by atoms with van der Waals surface area (Å²) < 4.78 is 28.4. The minimum Gasteiger partial charge on any atom is -0.484 e. The van der Waals surface area contributed by atoms with Crippen molar-refractivity contribution in [1.29, 1.82) is 0 Å². The fourth-order valence-electron chi connectivity index (χ4n) is 6.50. The molecule has 0 aromatic heterocycles. The van der Waals surface area contributed by atoms with Gasteiger partial charge in [0, 0.05) is 29.5 Å². The van der Waals surface area contributed by atoms with Crippen LogP contribution in [0, 0.1) is 5.41 Å². The van der Waals surface area contributed by atoms with Crippen LogP contribution in [-0.4, -0.2) is 70.7 Å². The Hall–Kier alpha value is -2.24. The van der Waals surface area contributed by atoms with Gasteiger partial charge < -0.3 is 47.9 Å². The zero-order valence-corrected chi connectivity index (χ0v) is 37.1. The molecule has 0 saturated heterocycles. The third-order valence-corrected chi connectivity index (χ3v) is 10.3. The Balaban J connectivity index is 3.32. The molecule has 0 heterocycles. The molecule has 0 aliphatic carbocycles. The van der Waals surface area contributed by atoms with Gasteiger partial charge in [-0.15, -0.1) is 0 Å². The van der Waals surface area contributed by atoms with Crippen LogP contribution in [0.3, 0.4) is 0 Å². The molecule has 0 aliphatic heterocycles. The van der Waals surface area contributed by atoms with Gasteiger partial charge >= 0.3 is 29.1 Å². The second kappa shape index (κ2) is 19.5. The number of hydrogen-bond donors (Lipinski definition) is 5. The quantitative estimate of drug-likeness (QED) is 0.0779. The molecule has 312 valence electrons. The van der Waals surface area contributed by atoms with Crippen molar-refractivity contribution in [3.05, 3.63) is 63.2 Å². The second-order valence-corrected chi connectivity index (χ2v) is 19.9. The molecule has 55 heavy (non-hydrogen) atoms. The van der Waals surface area contributed by atoms with E-state index >= 15 is 0 Å². The van der Waals surface area contributed by atoms with Crippen LogP contribution >= 0.6 is 17.2 Å². The molecule has 0 spiro atoms. The number of rotatable bonds is 17. The fraction of sp³-hybridized carbons (Fsp3) is 0.659. The lowest BCUT2D eigenvalue weighted by molar-refractivity contribution is -0.141. The second-order valence-electron chi connectivity index (χ2n) is 18.3. The number of esters is 2. The van der Waals surface area contributed by atoms with Gasteiger partial charge in [0.25, 0.3) is 0 Å². The van der Waals surface area contributed by atoms with Gasteiger partial charge in [-0.25, -0.2) is 0 Å². The molecule has 2 aromatic rings. The van der Waals surface area contributed by atoms with E-state index in [1.807, 2.05) is 65.8 Å². The molecule has 0 bridgehead atoms. The van der Waals surface area contributed by atoms with Crippen molar-refractivity contribution in [2.45, 2.75) is 137 Å². The predicted octanol–water partition coefficient (Wildman–Crippen LogP) is 7.64. The summed E-state index contributed by atoms with van der Waals surface area (Å²) in [5.74, 6) is -0.158. The Morgan fingerprint density at radius 3 is 1.20 bits per heavy atom. The minimum absolute atomic E-state index is 0.157. The molecule has 0 saturated carbocycles. The van der Waals surface area contributed by atoms with Crippen molar-refractivity contribution in [1.82, 2.24) is 0 Å². The number of aliphatic hydroxyl groups is 1. The van der Waals surface area contributed by atoms with Crippen LogP contribution in [0.25, 0.3) is 0 Å². The Morgan fingerprint density at radius 2 is 0.927 bits per heavy atom. The van der Waals surface area contributed by atoms with Crippen LogP contribution in [0.1, 0.15) is 141 Å². The molecule has 1 unspecified atom stereocenters. The largest absolute Gasteiger partial charge is 0.484 e. The third kappa shape index (κ3) is 13.7. The number of aryl methyl sites for hydroxylation is 2. The van der Waals surface area contributed by atoms with E-state index in [1.54, 1.807) is 0 Å². The van der Waals surface area contributed by atoms with Gasteiger partial charge in [0.05, 0.1) is 39.5 Å². The zero-order chi connectivity index (χ0) is 42.3. The summed E-state index contributed by atoms with van der Waals surface area (Å²) in [5, 5.41) is 11.5. The highest BCUT2D eigenvalue weighted by molar-refractivity contribution is 7.39. The van der Waals surface area contributed by atoms with Gasteiger partial charge in [-0.3, -0.25) is 9.59 Å². The monoisotopic (exact) mass is 812 g/mol. The molecule has 12 nitrogen and oxygen atoms in total. The molecular formula is C41H66O12P2. The van der Waals surface area contributed by atoms with Crippen molar-refractivity contribution >= 4 is 29.1 Å². The van der Waals surface area contributed by atoms with Crippen LogP contribution in [0.15, 0.2) is 24.3 Å². The van der Waals surface area contributed by atoms with Gasteiger partial charge in [0.2, 0.25) is 0 Å². The summed E-state index contributed by atoms with van der Waals surface area (Å²) in [6.45, 7) is 22.9. The number of carbonyl (C=O) groups is 2. The van der Waals surface area contributed by atoms with E-state index in [4.69, 9.17) is 23.3 Å². The number of aliphatic hydroxyl groups excluding tert-OH is 1. The molecule has 0 aliphatic rings. The number of ether oxygens (including phenoxy) is 3. The summed E-state index contributed by atoms with van der Waals surface area (Å²) in [4.78, 5) is 64.8. The Labute approximate surface area is 330 Å². The van der Waals surface area contributed by atoms with E-state index in [9.17, 15) is 34.3 Å². The highest BCUT2D eigenvalue weighted by atomic mass is 31.2. The smallest absolute Gasteiger partial charge is 0.327 e. The maximum absolute atomic E-state index is 12.3. The van der Waals surface area contributed by atoms with E-state index in [2.05, 4.69) is 41.5 Å². The van der Waals surface area contributed by atoms with Crippen molar-refractivity contribution in [3.8, 4) is 5.75 Å². The first-order valence-corrected chi connectivity index (χ1v) is 20.8. The molecule has 2 rings (SSSR count). The summed E-state index contributed by atoms with van der Waals surface area (Å²) in [5.41, 5.74) is 1.98. The van der Waals surface area contributed by atoms with E-state index in [0.29, 0.717) is 24.2 Å². The number of carbonyl (C=O) groups excluding carboxylic acids is 2. The van der Waals surface area contributed by atoms with Crippen molar-refractivity contribution in [2.24, 2.45) is 5.41 Å². The number of benzene rings is 2. The lowest BCUT2D eigenvalue weighted by Gasteiger charge is -2.44. The van der Waals surface area contributed by atoms with Gasteiger partial charge in [-0.1, -0.05) is 107 Å². The number of hydrogen-bond acceptors (Lipinski definition) is 12. The summed E-state index contributed by atoms with van der Waals surface area (Å²) in [6.07, 6.45) is -0.00516. The average molecular weight is 813 g/mol.